The summed E-state index contributed by atoms with van der Waals surface area (Å²) in [5.74, 6) is -2.32. The van der Waals surface area contributed by atoms with Crippen LogP contribution in [0.15, 0.2) is 41.2 Å². The molecule has 1 amide bonds. The van der Waals surface area contributed by atoms with E-state index < -0.39 is 23.4 Å². The van der Waals surface area contributed by atoms with Crippen LogP contribution in [0.5, 0.6) is 0 Å². The summed E-state index contributed by atoms with van der Waals surface area (Å²) >= 11 is 0. The number of aliphatic carboxylic acids is 1. The van der Waals surface area contributed by atoms with Crippen LogP contribution in [0.1, 0.15) is 27.2 Å². The molecule has 1 aromatic carbocycles. The van der Waals surface area contributed by atoms with Crippen LogP contribution in [0.2, 0.25) is 0 Å². The lowest BCUT2D eigenvalue weighted by atomic mass is 9.99. The van der Waals surface area contributed by atoms with Crippen molar-refractivity contribution in [2.24, 2.45) is 5.92 Å². The Labute approximate surface area is 139 Å². The van der Waals surface area contributed by atoms with Gasteiger partial charge < -0.3 is 15.4 Å². The zero-order chi connectivity index (χ0) is 17.7. The zero-order valence-electron chi connectivity index (χ0n) is 13.6. The minimum atomic E-state index is -0.992. The lowest BCUT2D eigenvalue weighted by Crippen LogP contribution is -2.37. The van der Waals surface area contributed by atoms with E-state index in [1.807, 2.05) is 30.3 Å². The summed E-state index contributed by atoms with van der Waals surface area (Å²) < 4.78 is 0. The minimum absolute atomic E-state index is 0.0180. The Balaban J connectivity index is 2.08. The van der Waals surface area contributed by atoms with Crippen LogP contribution < -0.4 is 10.9 Å². The number of pyridine rings is 1. The summed E-state index contributed by atoms with van der Waals surface area (Å²) in [6.07, 6.45) is 0.305. The van der Waals surface area contributed by atoms with Gasteiger partial charge in [0.05, 0.1) is 5.92 Å². The summed E-state index contributed by atoms with van der Waals surface area (Å²) in [4.78, 5) is 38.2. The maximum atomic E-state index is 12.3. The molecule has 0 aliphatic rings. The van der Waals surface area contributed by atoms with Crippen molar-refractivity contribution in [2.45, 2.75) is 20.3 Å². The second-order valence-corrected chi connectivity index (χ2v) is 5.77. The third-order valence-corrected chi connectivity index (χ3v) is 3.78. The summed E-state index contributed by atoms with van der Waals surface area (Å²) in [6, 6.07) is 10.9. The first-order valence-corrected chi connectivity index (χ1v) is 7.64. The molecule has 2 aromatic rings. The van der Waals surface area contributed by atoms with Gasteiger partial charge >= 0.3 is 5.97 Å². The molecule has 1 heterocycles. The van der Waals surface area contributed by atoms with Crippen molar-refractivity contribution < 1.29 is 14.7 Å². The van der Waals surface area contributed by atoms with Crippen molar-refractivity contribution >= 4 is 11.9 Å². The highest BCUT2D eigenvalue weighted by atomic mass is 16.4. The van der Waals surface area contributed by atoms with Crippen LogP contribution in [-0.4, -0.2) is 28.5 Å². The zero-order valence-corrected chi connectivity index (χ0v) is 13.6. The van der Waals surface area contributed by atoms with Crippen molar-refractivity contribution in [3.63, 3.8) is 0 Å². The molecule has 0 bridgehead atoms. The van der Waals surface area contributed by atoms with Crippen molar-refractivity contribution in [1.82, 2.24) is 10.3 Å². The highest BCUT2D eigenvalue weighted by Crippen LogP contribution is 2.09. The lowest BCUT2D eigenvalue weighted by Gasteiger charge is -2.14. The molecule has 1 aromatic heterocycles. The Morgan fingerprint density at radius 3 is 2.46 bits per heavy atom. The number of carboxylic acid groups (broad SMARTS) is 1. The van der Waals surface area contributed by atoms with Gasteiger partial charge in [-0.3, -0.25) is 14.4 Å². The average molecular weight is 328 g/mol. The van der Waals surface area contributed by atoms with E-state index in [0.29, 0.717) is 17.7 Å². The first kappa shape index (κ1) is 17.5. The van der Waals surface area contributed by atoms with Gasteiger partial charge in [0.25, 0.3) is 11.5 Å². The maximum Gasteiger partial charge on any atom is 0.308 e. The van der Waals surface area contributed by atoms with Gasteiger partial charge in [0.2, 0.25) is 0 Å². The maximum absolute atomic E-state index is 12.3. The number of benzene rings is 1. The number of hydrogen-bond donors (Lipinski definition) is 3. The van der Waals surface area contributed by atoms with Crippen LogP contribution in [0.25, 0.3) is 0 Å². The first-order valence-electron chi connectivity index (χ1n) is 7.64. The van der Waals surface area contributed by atoms with Crippen LogP contribution >= 0.6 is 0 Å². The number of carboxylic acids is 1. The average Bonchev–Trinajstić information content (AvgIpc) is 2.51. The van der Waals surface area contributed by atoms with Crippen molar-refractivity contribution in [3.8, 4) is 0 Å². The fourth-order valence-corrected chi connectivity index (χ4v) is 2.59. The molecule has 0 spiro atoms. The van der Waals surface area contributed by atoms with E-state index >= 15 is 0 Å². The normalized spacial score (nSPS) is 11.8. The summed E-state index contributed by atoms with van der Waals surface area (Å²) in [7, 11) is 0. The van der Waals surface area contributed by atoms with E-state index in [4.69, 9.17) is 0 Å². The van der Waals surface area contributed by atoms with Crippen molar-refractivity contribution in [2.75, 3.05) is 6.54 Å². The number of carbonyl (C=O) groups excluding carboxylic acids is 1. The van der Waals surface area contributed by atoms with E-state index in [0.717, 1.165) is 5.56 Å². The molecule has 2 rings (SSSR count). The molecule has 0 fully saturated rings. The van der Waals surface area contributed by atoms with Crippen LogP contribution in [0.4, 0.5) is 0 Å². The van der Waals surface area contributed by atoms with E-state index in [1.54, 1.807) is 19.9 Å². The standard InChI is InChI=1S/C18H20N2O4/c1-11-8-12(2)20-17(22)15(11)16(21)19-10-14(18(23)24)9-13-6-4-3-5-7-13/h3-8,14H,9-10H2,1-2H3,(H,19,21)(H,20,22)(H,23,24). The number of carbonyl (C=O) groups is 2. The second kappa shape index (κ2) is 7.59. The van der Waals surface area contributed by atoms with Crippen LogP contribution in [-0.2, 0) is 11.2 Å². The van der Waals surface area contributed by atoms with Gasteiger partial charge in [0, 0.05) is 12.2 Å². The monoisotopic (exact) mass is 328 g/mol. The third kappa shape index (κ3) is 4.32. The number of amides is 1. The quantitative estimate of drug-likeness (QED) is 0.751. The van der Waals surface area contributed by atoms with Crippen molar-refractivity contribution in [1.29, 1.82) is 0 Å². The van der Waals surface area contributed by atoms with Crippen molar-refractivity contribution in [3.05, 3.63) is 69.1 Å². The van der Waals surface area contributed by atoms with Crippen LogP contribution in [0.3, 0.4) is 0 Å². The SMILES string of the molecule is Cc1cc(C)c(C(=O)NCC(Cc2ccccc2)C(=O)O)c(=O)[nH]1. The molecule has 24 heavy (non-hydrogen) atoms. The van der Waals surface area contributed by atoms with E-state index in [-0.39, 0.29) is 12.1 Å². The molecule has 126 valence electrons. The lowest BCUT2D eigenvalue weighted by molar-refractivity contribution is -0.141. The van der Waals surface area contributed by atoms with Gasteiger partial charge in [-0.05, 0) is 37.5 Å². The van der Waals surface area contributed by atoms with Gasteiger partial charge in [-0.15, -0.1) is 0 Å². The molecule has 1 atom stereocenters. The fraction of sp³-hybridized carbons (Fsp3) is 0.278. The predicted molar refractivity (Wildman–Crippen MR) is 90.1 cm³/mol. The van der Waals surface area contributed by atoms with Crippen LogP contribution in [0, 0.1) is 19.8 Å². The molecule has 0 aliphatic heterocycles. The minimum Gasteiger partial charge on any atom is -0.481 e. The third-order valence-electron chi connectivity index (χ3n) is 3.78. The molecule has 0 saturated heterocycles. The van der Waals surface area contributed by atoms with Gasteiger partial charge in [-0.25, -0.2) is 0 Å². The van der Waals surface area contributed by atoms with E-state index in [2.05, 4.69) is 10.3 Å². The Morgan fingerprint density at radius 1 is 1.21 bits per heavy atom. The summed E-state index contributed by atoms with van der Waals surface area (Å²) in [6.45, 7) is 3.36. The predicted octanol–water partition coefficient (Wildman–Crippen LogP) is 1.67. The van der Waals surface area contributed by atoms with Gasteiger partial charge in [-0.2, -0.15) is 0 Å². The number of rotatable bonds is 6. The molecule has 1 unspecified atom stereocenters. The van der Waals surface area contributed by atoms with E-state index in [1.165, 1.54) is 0 Å². The molecular formula is C18H20N2O4. The number of aryl methyl sites for hydroxylation is 2. The molecule has 3 N–H and O–H groups in total. The number of nitrogens with one attached hydrogen (secondary N) is 2. The summed E-state index contributed by atoms with van der Waals surface area (Å²) in [5, 5.41) is 11.9. The highest BCUT2D eigenvalue weighted by Gasteiger charge is 2.21. The topological polar surface area (TPSA) is 99.3 Å². The molecule has 0 radical (unpaired) electrons. The Bertz CT molecular complexity index is 796. The molecule has 6 heteroatoms. The summed E-state index contributed by atoms with van der Waals surface area (Å²) in [5.41, 5.74) is 1.65. The van der Waals surface area contributed by atoms with Gasteiger partial charge in [-0.1, -0.05) is 30.3 Å². The van der Waals surface area contributed by atoms with Gasteiger partial charge in [0.1, 0.15) is 5.56 Å². The smallest absolute Gasteiger partial charge is 0.308 e. The number of H-pyrrole nitrogens is 1. The Hall–Kier alpha value is -2.89. The Kier molecular flexibility index (Phi) is 5.52. The fourth-order valence-electron chi connectivity index (χ4n) is 2.59. The molecule has 0 saturated carbocycles. The number of aromatic amines is 1. The second-order valence-electron chi connectivity index (χ2n) is 5.77. The van der Waals surface area contributed by atoms with Gasteiger partial charge in [0.15, 0.2) is 0 Å². The largest absolute Gasteiger partial charge is 0.481 e. The van der Waals surface area contributed by atoms with E-state index in [9.17, 15) is 19.5 Å². The molecular weight excluding hydrogens is 308 g/mol. The highest BCUT2D eigenvalue weighted by molar-refractivity contribution is 5.95. The molecule has 0 aliphatic carbocycles. The Morgan fingerprint density at radius 2 is 1.88 bits per heavy atom. The number of hydrogen-bond acceptors (Lipinski definition) is 3. The molecule has 6 nitrogen and oxygen atoms in total. The number of aromatic nitrogens is 1. The first-order chi connectivity index (χ1) is 11.4.